The minimum absolute atomic E-state index is 0.0813. The molecule has 4 fully saturated rings. The van der Waals surface area contributed by atoms with Crippen molar-refractivity contribution in [1.82, 2.24) is 0 Å². The molecule has 6 nitrogen and oxygen atoms in total. The van der Waals surface area contributed by atoms with Gasteiger partial charge < -0.3 is 14.3 Å². The summed E-state index contributed by atoms with van der Waals surface area (Å²) in [6.45, 7) is 5.50. The van der Waals surface area contributed by atoms with E-state index in [-0.39, 0.29) is 17.9 Å². The van der Waals surface area contributed by atoms with E-state index in [4.69, 9.17) is 9.05 Å². The largest absolute Gasteiger partial charge is 0.358 e. The van der Waals surface area contributed by atoms with Crippen molar-refractivity contribution in [2.45, 2.75) is 134 Å². The molecule has 8 heteroatoms. The van der Waals surface area contributed by atoms with Gasteiger partial charge in [-0.15, -0.1) is 0 Å². The Balaban J connectivity index is 1.88. The lowest BCUT2D eigenvalue weighted by Gasteiger charge is -2.58. The molecule has 32 heavy (non-hydrogen) atoms. The normalized spacial score (nSPS) is 37.5. The van der Waals surface area contributed by atoms with Gasteiger partial charge in [0.25, 0.3) is 0 Å². The molecule has 0 radical (unpaired) electrons. The standard InChI is InChI=1S/C24H44O6P2/c1-22(2)24(19-13-7-4-8-14-19,20-15-9-5-10-16-20)23(3,31(25,26)27)30-32(22,28)29-21-17-11-6-12-18-21/h19-21H,4-18H2,1-3H3,(H2,25,26,27). The van der Waals surface area contributed by atoms with Crippen LogP contribution in [-0.2, 0) is 18.2 Å². The van der Waals surface area contributed by atoms with Crippen LogP contribution in [0.5, 0.6) is 0 Å². The maximum atomic E-state index is 14.7. The molecule has 1 heterocycles. The molecule has 4 aliphatic rings. The maximum Gasteiger partial charge on any atom is 0.358 e. The summed E-state index contributed by atoms with van der Waals surface area (Å²) in [6, 6.07) is 0. The average Bonchev–Trinajstić information content (AvgIpc) is 2.89. The van der Waals surface area contributed by atoms with Crippen LogP contribution in [0.15, 0.2) is 0 Å². The predicted molar refractivity (Wildman–Crippen MR) is 127 cm³/mol. The van der Waals surface area contributed by atoms with Gasteiger partial charge in [-0.3, -0.25) is 13.7 Å². The lowest BCUT2D eigenvalue weighted by Crippen LogP contribution is -2.61. The molecule has 0 bridgehead atoms. The summed E-state index contributed by atoms with van der Waals surface area (Å²) in [5.41, 5.74) is -0.871. The van der Waals surface area contributed by atoms with Crippen molar-refractivity contribution >= 4 is 15.2 Å². The van der Waals surface area contributed by atoms with Crippen molar-refractivity contribution in [3.8, 4) is 0 Å². The van der Waals surface area contributed by atoms with Crippen LogP contribution in [-0.4, -0.2) is 26.4 Å². The van der Waals surface area contributed by atoms with Gasteiger partial charge >= 0.3 is 15.2 Å². The van der Waals surface area contributed by atoms with Crippen LogP contribution in [0.25, 0.3) is 0 Å². The maximum absolute atomic E-state index is 14.7. The molecule has 0 aromatic rings. The molecule has 3 aliphatic carbocycles. The topological polar surface area (TPSA) is 93.1 Å². The van der Waals surface area contributed by atoms with Gasteiger partial charge in [0.05, 0.1) is 11.3 Å². The predicted octanol–water partition coefficient (Wildman–Crippen LogP) is 7.38. The minimum atomic E-state index is -4.77. The monoisotopic (exact) mass is 490 g/mol. The highest BCUT2D eigenvalue weighted by Crippen LogP contribution is 2.87. The molecule has 0 amide bonds. The van der Waals surface area contributed by atoms with Gasteiger partial charge in [-0.25, -0.2) is 0 Å². The van der Waals surface area contributed by atoms with E-state index in [9.17, 15) is 18.9 Å². The zero-order valence-corrected chi connectivity index (χ0v) is 22.0. The Bertz CT molecular complexity index is 740. The molecular weight excluding hydrogens is 446 g/mol. The van der Waals surface area contributed by atoms with Crippen molar-refractivity contribution in [2.75, 3.05) is 0 Å². The average molecular weight is 491 g/mol. The third-order valence-corrected chi connectivity index (χ3v) is 14.3. The Morgan fingerprint density at radius 3 is 1.59 bits per heavy atom. The second-order valence-corrected chi connectivity index (χ2v) is 16.0. The molecule has 0 aromatic heterocycles. The summed E-state index contributed by atoms with van der Waals surface area (Å²) in [5, 5.41) is -2.75. The molecule has 2 N–H and O–H groups in total. The Kier molecular flexibility index (Phi) is 7.19. The van der Waals surface area contributed by atoms with Gasteiger partial charge in [-0.2, -0.15) is 0 Å². The zero-order valence-electron chi connectivity index (χ0n) is 20.3. The molecule has 0 aromatic carbocycles. The third kappa shape index (κ3) is 3.75. The highest BCUT2D eigenvalue weighted by molar-refractivity contribution is 7.59. The summed E-state index contributed by atoms with van der Waals surface area (Å²) in [4.78, 5) is 21.7. The van der Waals surface area contributed by atoms with Gasteiger partial charge in [0.15, 0.2) is 5.34 Å². The van der Waals surface area contributed by atoms with Crippen LogP contribution in [0, 0.1) is 17.3 Å². The Morgan fingerprint density at radius 2 is 1.19 bits per heavy atom. The summed E-state index contributed by atoms with van der Waals surface area (Å²) in [7, 11) is -8.57. The Hall–Kier alpha value is 0.300. The van der Waals surface area contributed by atoms with E-state index in [0.717, 1.165) is 96.3 Å². The minimum Gasteiger partial charge on any atom is -0.322 e. The van der Waals surface area contributed by atoms with Crippen LogP contribution in [0.1, 0.15) is 117 Å². The Labute approximate surface area is 194 Å². The third-order valence-electron chi connectivity index (χ3n) is 9.66. The first-order valence-electron chi connectivity index (χ1n) is 13.0. The highest BCUT2D eigenvalue weighted by Gasteiger charge is 2.82. The first-order chi connectivity index (χ1) is 15.0. The summed E-state index contributed by atoms with van der Waals surface area (Å²) in [6.07, 6.45) is 15.0. The van der Waals surface area contributed by atoms with E-state index in [0.29, 0.717) is 0 Å². The van der Waals surface area contributed by atoms with E-state index >= 15 is 0 Å². The van der Waals surface area contributed by atoms with E-state index in [1.165, 1.54) is 0 Å². The number of rotatable bonds is 5. The second-order valence-electron chi connectivity index (χ2n) is 11.6. The molecule has 1 saturated heterocycles. The fourth-order valence-corrected chi connectivity index (χ4v) is 13.0. The van der Waals surface area contributed by atoms with Gasteiger partial charge in [-0.1, -0.05) is 57.8 Å². The van der Waals surface area contributed by atoms with Crippen LogP contribution in [0.4, 0.5) is 0 Å². The molecule has 186 valence electrons. The molecule has 2 atom stereocenters. The first kappa shape index (κ1) is 25.4. The SMILES string of the molecule is CC1(P(=O)(O)O)OP(=O)(OC2CCCCC2)C(C)(C)C1(C1CCCCC1)C1CCCCC1. The van der Waals surface area contributed by atoms with E-state index in [1.807, 2.05) is 13.8 Å². The quantitative estimate of drug-likeness (QED) is 0.391. The van der Waals surface area contributed by atoms with Crippen LogP contribution in [0.2, 0.25) is 0 Å². The highest BCUT2D eigenvalue weighted by atomic mass is 31.2. The van der Waals surface area contributed by atoms with Crippen molar-refractivity contribution in [3.63, 3.8) is 0 Å². The van der Waals surface area contributed by atoms with Gasteiger partial charge in [-0.05, 0) is 71.1 Å². The fourth-order valence-electron chi connectivity index (χ4n) is 8.24. The fraction of sp³-hybridized carbons (Fsp3) is 1.00. The zero-order chi connectivity index (χ0) is 23.3. The van der Waals surface area contributed by atoms with Crippen LogP contribution in [0.3, 0.4) is 0 Å². The molecule has 2 unspecified atom stereocenters. The number of hydrogen-bond acceptors (Lipinski definition) is 4. The van der Waals surface area contributed by atoms with E-state index in [2.05, 4.69) is 0 Å². The summed E-state index contributed by atoms with van der Waals surface area (Å²) in [5.74, 6) is 0.163. The number of hydrogen-bond donors (Lipinski definition) is 2. The lowest BCUT2D eigenvalue weighted by molar-refractivity contribution is -0.0912. The molecule has 0 spiro atoms. The van der Waals surface area contributed by atoms with Crippen molar-refractivity contribution in [3.05, 3.63) is 0 Å². The molecule has 1 aliphatic heterocycles. The van der Waals surface area contributed by atoms with Crippen molar-refractivity contribution in [1.29, 1.82) is 0 Å². The Morgan fingerprint density at radius 1 is 0.781 bits per heavy atom. The van der Waals surface area contributed by atoms with E-state index < -0.39 is 31.1 Å². The van der Waals surface area contributed by atoms with Crippen LogP contribution < -0.4 is 0 Å². The molecule has 4 rings (SSSR count). The van der Waals surface area contributed by atoms with Crippen molar-refractivity contribution < 1.29 is 28.0 Å². The van der Waals surface area contributed by atoms with Gasteiger partial charge in [0, 0.05) is 5.41 Å². The molecule has 3 saturated carbocycles. The second kappa shape index (κ2) is 9.07. The van der Waals surface area contributed by atoms with E-state index in [1.54, 1.807) is 6.92 Å². The van der Waals surface area contributed by atoms with Gasteiger partial charge in [0.1, 0.15) is 0 Å². The van der Waals surface area contributed by atoms with Gasteiger partial charge in [0.2, 0.25) is 0 Å². The van der Waals surface area contributed by atoms with Crippen molar-refractivity contribution in [2.24, 2.45) is 17.3 Å². The smallest absolute Gasteiger partial charge is 0.322 e. The molecular formula is C24H44O6P2. The first-order valence-corrected chi connectivity index (χ1v) is 16.2. The summed E-state index contributed by atoms with van der Waals surface area (Å²) < 4.78 is 40.7. The lowest BCUT2D eigenvalue weighted by atomic mass is 9.51. The summed E-state index contributed by atoms with van der Waals surface area (Å²) >= 11 is 0. The van der Waals surface area contributed by atoms with Crippen LogP contribution >= 0.6 is 15.2 Å².